The largest absolute Gasteiger partial charge is 0.480 e. The maximum Gasteiger partial charge on any atom is 0.320 e. The first-order valence-electron chi connectivity index (χ1n) is 6.52. The maximum atomic E-state index is 13.7. The Kier molecular flexibility index (Phi) is 2.93. The Labute approximate surface area is 114 Å². The van der Waals surface area contributed by atoms with Gasteiger partial charge in [0.15, 0.2) is 5.41 Å². The number of rotatable bonds is 3. The van der Waals surface area contributed by atoms with Crippen LogP contribution in [0.5, 0.6) is 0 Å². The standard InChI is InChI=1S/C14H15F2NO3/c15-14(16)9-13(14,12(18)19)10-3-1-2-4-11(10)17-5-7-20-8-6-17/h1-4H,5-9H2,(H,18,19). The molecule has 1 unspecified atom stereocenters. The van der Waals surface area contributed by atoms with Gasteiger partial charge in [-0.3, -0.25) is 4.79 Å². The van der Waals surface area contributed by atoms with Crippen LogP contribution >= 0.6 is 0 Å². The van der Waals surface area contributed by atoms with E-state index in [2.05, 4.69) is 0 Å². The molecule has 20 heavy (non-hydrogen) atoms. The molecule has 6 heteroatoms. The third-order valence-corrected chi connectivity index (χ3v) is 4.07. The van der Waals surface area contributed by atoms with E-state index in [1.807, 2.05) is 4.90 Å². The number of ether oxygens (including phenoxy) is 1. The lowest BCUT2D eigenvalue weighted by Gasteiger charge is -2.31. The summed E-state index contributed by atoms with van der Waals surface area (Å²) in [5.41, 5.74) is -1.28. The number of halogens is 2. The number of para-hydroxylation sites is 1. The number of hydrogen-bond donors (Lipinski definition) is 1. The van der Waals surface area contributed by atoms with Crippen LogP contribution in [-0.2, 0) is 14.9 Å². The number of morpholine rings is 1. The third kappa shape index (κ3) is 1.78. The Morgan fingerprint density at radius 3 is 2.40 bits per heavy atom. The average Bonchev–Trinajstić information content (AvgIpc) is 3.04. The summed E-state index contributed by atoms with van der Waals surface area (Å²) >= 11 is 0. The van der Waals surface area contributed by atoms with Gasteiger partial charge in [-0.25, -0.2) is 8.78 Å². The van der Waals surface area contributed by atoms with Crippen LogP contribution in [0.4, 0.5) is 14.5 Å². The number of carboxylic acid groups (broad SMARTS) is 1. The van der Waals surface area contributed by atoms with Crippen molar-refractivity contribution in [2.24, 2.45) is 0 Å². The summed E-state index contributed by atoms with van der Waals surface area (Å²) in [6.07, 6.45) is -0.628. The maximum absolute atomic E-state index is 13.7. The number of aliphatic carboxylic acids is 1. The molecule has 0 radical (unpaired) electrons. The van der Waals surface area contributed by atoms with Gasteiger partial charge >= 0.3 is 5.97 Å². The summed E-state index contributed by atoms with van der Waals surface area (Å²) in [4.78, 5) is 13.3. The van der Waals surface area contributed by atoms with Gasteiger partial charge < -0.3 is 14.7 Å². The fourth-order valence-corrected chi connectivity index (χ4v) is 2.84. The zero-order valence-corrected chi connectivity index (χ0v) is 10.8. The van der Waals surface area contributed by atoms with Gasteiger partial charge in [0.1, 0.15) is 0 Å². The van der Waals surface area contributed by atoms with Crippen molar-refractivity contribution >= 4 is 11.7 Å². The molecule has 2 aliphatic rings. The number of carbonyl (C=O) groups is 1. The lowest BCUT2D eigenvalue weighted by molar-refractivity contribution is -0.142. The second-order valence-electron chi connectivity index (χ2n) is 5.21. The van der Waals surface area contributed by atoms with E-state index in [4.69, 9.17) is 4.74 Å². The average molecular weight is 283 g/mol. The Morgan fingerprint density at radius 1 is 1.25 bits per heavy atom. The fraction of sp³-hybridized carbons (Fsp3) is 0.500. The van der Waals surface area contributed by atoms with Gasteiger partial charge in [-0.2, -0.15) is 0 Å². The smallest absolute Gasteiger partial charge is 0.320 e. The summed E-state index contributed by atoms with van der Waals surface area (Å²) in [6.45, 7) is 2.20. The topological polar surface area (TPSA) is 49.8 Å². The molecule has 1 saturated carbocycles. The SMILES string of the molecule is O=C(O)C1(c2ccccc2N2CCOCC2)CC1(F)F. The highest BCUT2D eigenvalue weighted by atomic mass is 19.3. The molecule has 1 heterocycles. The molecule has 0 aromatic heterocycles. The lowest BCUT2D eigenvalue weighted by atomic mass is 9.93. The van der Waals surface area contributed by atoms with Crippen LogP contribution in [0.3, 0.4) is 0 Å². The van der Waals surface area contributed by atoms with Crippen LogP contribution in [0, 0.1) is 0 Å². The van der Waals surface area contributed by atoms with E-state index in [0.29, 0.717) is 32.0 Å². The molecule has 1 aromatic rings. The van der Waals surface area contributed by atoms with E-state index in [9.17, 15) is 18.7 Å². The van der Waals surface area contributed by atoms with Crippen LogP contribution in [0.2, 0.25) is 0 Å². The summed E-state index contributed by atoms with van der Waals surface area (Å²) in [6, 6.07) is 6.56. The molecular weight excluding hydrogens is 268 g/mol. The van der Waals surface area contributed by atoms with Crippen molar-refractivity contribution in [2.45, 2.75) is 17.8 Å². The van der Waals surface area contributed by atoms with Crippen LogP contribution in [0.25, 0.3) is 0 Å². The Hall–Kier alpha value is -1.69. The van der Waals surface area contributed by atoms with E-state index in [1.54, 1.807) is 18.2 Å². The number of nitrogens with zero attached hydrogens (tertiary/aromatic N) is 1. The molecular formula is C14H15F2NO3. The van der Waals surface area contributed by atoms with Crippen molar-refractivity contribution in [2.75, 3.05) is 31.2 Å². The highest BCUT2D eigenvalue weighted by Crippen LogP contribution is 2.63. The minimum Gasteiger partial charge on any atom is -0.480 e. The highest BCUT2D eigenvalue weighted by Gasteiger charge is 2.78. The van der Waals surface area contributed by atoms with Crippen LogP contribution in [0.15, 0.2) is 24.3 Å². The zero-order chi connectivity index (χ0) is 14.4. The molecule has 2 fully saturated rings. The van der Waals surface area contributed by atoms with Crippen molar-refractivity contribution < 1.29 is 23.4 Å². The van der Waals surface area contributed by atoms with E-state index >= 15 is 0 Å². The Morgan fingerprint density at radius 2 is 1.85 bits per heavy atom. The first-order chi connectivity index (χ1) is 9.49. The van der Waals surface area contributed by atoms with Gasteiger partial charge in [0.05, 0.1) is 13.2 Å². The monoisotopic (exact) mass is 283 g/mol. The minimum absolute atomic E-state index is 0.208. The van der Waals surface area contributed by atoms with Crippen molar-refractivity contribution in [3.05, 3.63) is 29.8 Å². The molecule has 108 valence electrons. The predicted molar refractivity (Wildman–Crippen MR) is 68.4 cm³/mol. The van der Waals surface area contributed by atoms with E-state index in [1.165, 1.54) is 6.07 Å². The van der Waals surface area contributed by atoms with E-state index in [-0.39, 0.29) is 5.56 Å². The van der Waals surface area contributed by atoms with Gasteiger partial charge in [-0.1, -0.05) is 18.2 Å². The van der Waals surface area contributed by atoms with Crippen LogP contribution < -0.4 is 4.90 Å². The molecule has 1 aliphatic carbocycles. The molecule has 0 amide bonds. The second-order valence-corrected chi connectivity index (χ2v) is 5.21. The van der Waals surface area contributed by atoms with Crippen molar-refractivity contribution in [3.63, 3.8) is 0 Å². The number of benzene rings is 1. The summed E-state index contributed by atoms with van der Waals surface area (Å²) in [7, 11) is 0. The summed E-state index contributed by atoms with van der Waals surface area (Å²) in [5.74, 6) is -4.63. The fourth-order valence-electron chi connectivity index (χ4n) is 2.84. The normalized spacial score (nSPS) is 28.2. The molecule has 4 nitrogen and oxygen atoms in total. The quantitative estimate of drug-likeness (QED) is 0.920. The predicted octanol–water partition coefficient (Wildman–Crippen LogP) is 1.88. The minimum atomic E-state index is -3.18. The molecule has 0 spiro atoms. The zero-order valence-electron chi connectivity index (χ0n) is 10.8. The molecule has 1 N–H and O–H groups in total. The van der Waals surface area contributed by atoms with Gasteiger partial charge in [0, 0.05) is 25.2 Å². The Bertz CT molecular complexity index is 543. The number of alkyl halides is 2. The first-order valence-corrected chi connectivity index (χ1v) is 6.52. The molecule has 3 rings (SSSR count). The van der Waals surface area contributed by atoms with Gasteiger partial charge in [0.2, 0.25) is 0 Å². The second kappa shape index (κ2) is 4.41. The molecule has 0 bridgehead atoms. The number of carboxylic acids is 1. The molecule has 1 saturated heterocycles. The van der Waals surface area contributed by atoms with Crippen molar-refractivity contribution in [1.82, 2.24) is 0 Å². The van der Waals surface area contributed by atoms with Gasteiger partial charge in [-0.15, -0.1) is 0 Å². The first kappa shape index (κ1) is 13.3. The third-order valence-electron chi connectivity index (χ3n) is 4.07. The molecule has 1 aliphatic heterocycles. The summed E-state index contributed by atoms with van der Waals surface area (Å²) < 4.78 is 32.7. The highest BCUT2D eigenvalue weighted by molar-refractivity contribution is 5.90. The van der Waals surface area contributed by atoms with Crippen molar-refractivity contribution in [3.8, 4) is 0 Å². The van der Waals surface area contributed by atoms with E-state index < -0.39 is 23.7 Å². The number of anilines is 1. The van der Waals surface area contributed by atoms with Crippen molar-refractivity contribution in [1.29, 1.82) is 0 Å². The Balaban J connectivity index is 2.04. The van der Waals surface area contributed by atoms with Crippen LogP contribution in [-0.4, -0.2) is 43.3 Å². The van der Waals surface area contributed by atoms with Crippen LogP contribution in [0.1, 0.15) is 12.0 Å². The molecule has 1 aromatic carbocycles. The number of hydrogen-bond acceptors (Lipinski definition) is 3. The lowest BCUT2D eigenvalue weighted by Crippen LogP contribution is -2.38. The van der Waals surface area contributed by atoms with Gasteiger partial charge in [-0.05, 0) is 11.6 Å². The van der Waals surface area contributed by atoms with E-state index in [0.717, 1.165) is 0 Å². The summed E-state index contributed by atoms with van der Waals surface area (Å²) in [5, 5.41) is 9.29. The van der Waals surface area contributed by atoms with Gasteiger partial charge in [0.25, 0.3) is 5.92 Å². The molecule has 1 atom stereocenters.